The molecule has 0 saturated carbocycles. The molecule has 0 bridgehead atoms. The molecule has 39 heavy (non-hydrogen) atoms. The van der Waals surface area contributed by atoms with Crippen molar-refractivity contribution in [3.05, 3.63) is 65.5 Å². The standard InChI is InChI=1S/C27H31FN4O7/c1-14(2)13-30-25(36)24-23(32(27(29)39)17-8-6-7-16(11-17)12-20(34)35)21(26(37)38)22(31(24)15(3)33)18-9-4-5-10-19(18)28/h4-11,14,21-24H,12-13H2,1-3H3,(H2,29,39)(H,30,36)(H,34,35)(H,37,38). The van der Waals surface area contributed by atoms with E-state index in [1.165, 1.54) is 42.5 Å². The number of anilines is 1. The second kappa shape index (κ2) is 11.9. The first-order valence-electron chi connectivity index (χ1n) is 12.3. The molecule has 12 heteroatoms. The largest absolute Gasteiger partial charge is 0.481 e. The van der Waals surface area contributed by atoms with E-state index in [0.29, 0.717) is 0 Å². The van der Waals surface area contributed by atoms with Gasteiger partial charge in [-0.05, 0) is 29.7 Å². The number of aliphatic carboxylic acids is 2. The van der Waals surface area contributed by atoms with E-state index in [-0.39, 0.29) is 29.3 Å². The van der Waals surface area contributed by atoms with Gasteiger partial charge >= 0.3 is 18.0 Å². The lowest BCUT2D eigenvalue weighted by Crippen LogP contribution is -2.59. The fourth-order valence-electron chi connectivity index (χ4n) is 5.05. The van der Waals surface area contributed by atoms with E-state index >= 15 is 4.39 Å². The number of urea groups is 1. The molecule has 208 valence electrons. The minimum absolute atomic E-state index is 0.00263. The van der Waals surface area contributed by atoms with E-state index in [0.717, 1.165) is 22.8 Å². The molecular weight excluding hydrogens is 511 g/mol. The molecule has 2 aromatic rings. The van der Waals surface area contributed by atoms with E-state index in [1.807, 2.05) is 13.8 Å². The van der Waals surface area contributed by atoms with Crippen molar-refractivity contribution in [2.45, 2.75) is 45.3 Å². The van der Waals surface area contributed by atoms with Crippen LogP contribution in [0.15, 0.2) is 48.5 Å². The Labute approximate surface area is 224 Å². The van der Waals surface area contributed by atoms with Gasteiger partial charge in [0.25, 0.3) is 0 Å². The van der Waals surface area contributed by atoms with Gasteiger partial charge in [0.2, 0.25) is 11.8 Å². The first-order chi connectivity index (χ1) is 18.3. The van der Waals surface area contributed by atoms with Gasteiger partial charge < -0.3 is 26.2 Å². The second-order valence-corrected chi connectivity index (χ2v) is 9.78. The van der Waals surface area contributed by atoms with Crippen molar-refractivity contribution in [1.82, 2.24) is 10.2 Å². The second-order valence-electron chi connectivity index (χ2n) is 9.78. The summed E-state index contributed by atoms with van der Waals surface area (Å²) in [5.74, 6) is -6.58. The van der Waals surface area contributed by atoms with E-state index in [2.05, 4.69) is 5.32 Å². The monoisotopic (exact) mass is 542 g/mol. The van der Waals surface area contributed by atoms with Crippen LogP contribution in [0, 0.1) is 17.7 Å². The number of rotatable bonds is 9. The highest BCUT2D eigenvalue weighted by molar-refractivity contribution is 5.98. The van der Waals surface area contributed by atoms with E-state index in [4.69, 9.17) is 5.73 Å². The van der Waals surface area contributed by atoms with Crippen molar-refractivity contribution in [3.63, 3.8) is 0 Å². The predicted octanol–water partition coefficient (Wildman–Crippen LogP) is 2.15. The fraction of sp³-hybridized carbons (Fsp3) is 0.370. The number of hydrogen-bond donors (Lipinski definition) is 4. The van der Waals surface area contributed by atoms with Gasteiger partial charge in [0.05, 0.1) is 18.5 Å². The summed E-state index contributed by atoms with van der Waals surface area (Å²) in [4.78, 5) is 65.6. The molecule has 2 aromatic carbocycles. The summed E-state index contributed by atoms with van der Waals surface area (Å²) in [6.07, 6.45) is -0.400. The summed E-state index contributed by atoms with van der Waals surface area (Å²) in [5.41, 5.74) is 5.91. The smallest absolute Gasteiger partial charge is 0.319 e. The molecular formula is C27H31FN4O7. The Balaban J connectivity index is 2.30. The van der Waals surface area contributed by atoms with Crippen molar-refractivity contribution in [2.24, 2.45) is 17.6 Å². The van der Waals surface area contributed by atoms with Crippen LogP contribution < -0.4 is 16.0 Å². The minimum Gasteiger partial charge on any atom is -0.481 e. The Morgan fingerprint density at radius 2 is 1.74 bits per heavy atom. The van der Waals surface area contributed by atoms with Gasteiger partial charge in [-0.15, -0.1) is 0 Å². The molecule has 0 radical (unpaired) electrons. The fourth-order valence-corrected chi connectivity index (χ4v) is 5.05. The number of amides is 4. The van der Waals surface area contributed by atoms with Gasteiger partial charge in [0, 0.05) is 24.7 Å². The van der Waals surface area contributed by atoms with Gasteiger partial charge in [-0.3, -0.25) is 24.1 Å². The Kier molecular flexibility index (Phi) is 8.89. The number of likely N-dealkylation sites (tertiary alicyclic amines) is 1. The summed E-state index contributed by atoms with van der Waals surface area (Å²) in [7, 11) is 0. The molecule has 4 unspecified atom stereocenters. The molecule has 0 spiro atoms. The van der Waals surface area contributed by atoms with Crippen molar-refractivity contribution in [2.75, 3.05) is 11.4 Å². The van der Waals surface area contributed by atoms with Crippen LogP contribution in [0.1, 0.15) is 37.9 Å². The van der Waals surface area contributed by atoms with Gasteiger partial charge in [-0.2, -0.15) is 0 Å². The third-order valence-corrected chi connectivity index (χ3v) is 6.54. The van der Waals surface area contributed by atoms with E-state index in [9.17, 15) is 34.2 Å². The highest BCUT2D eigenvalue weighted by atomic mass is 19.1. The first-order valence-corrected chi connectivity index (χ1v) is 12.3. The Hall–Kier alpha value is -4.48. The zero-order valence-corrected chi connectivity index (χ0v) is 21.7. The molecule has 1 saturated heterocycles. The number of primary amides is 1. The predicted molar refractivity (Wildman–Crippen MR) is 138 cm³/mol. The number of carbonyl (C=O) groups is 5. The third kappa shape index (κ3) is 6.16. The topological polar surface area (TPSA) is 170 Å². The molecule has 5 N–H and O–H groups in total. The van der Waals surface area contributed by atoms with Crippen LogP contribution in [0.3, 0.4) is 0 Å². The van der Waals surface area contributed by atoms with E-state index < -0.39 is 66.1 Å². The zero-order valence-electron chi connectivity index (χ0n) is 21.7. The molecule has 1 heterocycles. The van der Waals surface area contributed by atoms with Gasteiger partial charge in [0.15, 0.2) is 0 Å². The van der Waals surface area contributed by atoms with Crippen LogP contribution >= 0.6 is 0 Å². The molecule has 4 atom stereocenters. The summed E-state index contributed by atoms with van der Waals surface area (Å²) in [5, 5.41) is 22.3. The van der Waals surface area contributed by atoms with Crippen LogP contribution in [0.5, 0.6) is 0 Å². The van der Waals surface area contributed by atoms with Crippen LogP contribution in [0.25, 0.3) is 0 Å². The summed E-state index contributed by atoms with van der Waals surface area (Å²) in [6, 6.07) is 5.26. The maximum Gasteiger partial charge on any atom is 0.319 e. The van der Waals surface area contributed by atoms with Gasteiger partial charge in [-0.1, -0.05) is 44.2 Å². The maximum atomic E-state index is 15.1. The molecule has 11 nitrogen and oxygen atoms in total. The molecule has 4 amide bonds. The average molecular weight is 543 g/mol. The van der Waals surface area contributed by atoms with Crippen LogP contribution in [0.4, 0.5) is 14.9 Å². The molecule has 1 aliphatic rings. The Morgan fingerprint density at radius 1 is 1.08 bits per heavy atom. The highest BCUT2D eigenvalue weighted by Crippen LogP contribution is 2.46. The molecule has 3 rings (SSSR count). The van der Waals surface area contributed by atoms with Crippen molar-refractivity contribution in [1.29, 1.82) is 0 Å². The molecule has 0 aliphatic carbocycles. The van der Waals surface area contributed by atoms with Crippen LogP contribution in [-0.4, -0.2) is 63.5 Å². The molecule has 0 aromatic heterocycles. The highest BCUT2D eigenvalue weighted by Gasteiger charge is 2.60. The number of nitrogens with one attached hydrogen (secondary N) is 1. The SMILES string of the molecule is CC(=O)N1C(C(=O)NCC(C)C)C(N(C(N)=O)c2cccc(CC(=O)O)c2)C(C(=O)O)C1c1ccccc1F. The first kappa shape index (κ1) is 29.1. The normalized spacial score (nSPS) is 20.5. The number of nitrogens with zero attached hydrogens (tertiary/aromatic N) is 2. The van der Waals surface area contributed by atoms with E-state index in [1.54, 1.807) is 0 Å². The van der Waals surface area contributed by atoms with Crippen molar-refractivity contribution in [3.8, 4) is 0 Å². The molecule has 1 aliphatic heterocycles. The third-order valence-electron chi connectivity index (χ3n) is 6.54. The number of carbonyl (C=O) groups excluding carboxylic acids is 3. The minimum atomic E-state index is -1.68. The lowest BCUT2D eigenvalue weighted by atomic mass is 9.87. The van der Waals surface area contributed by atoms with Crippen molar-refractivity contribution < 1.29 is 38.6 Å². The lowest BCUT2D eigenvalue weighted by Gasteiger charge is -2.34. The van der Waals surface area contributed by atoms with Crippen molar-refractivity contribution >= 4 is 35.5 Å². The molecule has 1 fully saturated rings. The Bertz CT molecular complexity index is 1280. The maximum absolute atomic E-state index is 15.1. The van der Waals surface area contributed by atoms with Gasteiger partial charge in [0.1, 0.15) is 17.8 Å². The summed E-state index contributed by atoms with van der Waals surface area (Å²) < 4.78 is 15.1. The number of carboxylic acids is 2. The lowest BCUT2D eigenvalue weighted by molar-refractivity contribution is -0.144. The number of hydrogen-bond acceptors (Lipinski definition) is 5. The quantitative estimate of drug-likeness (QED) is 0.376. The average Bonchev–Trinajstić information content (AvgIpc) is 3.18. The summed E-state index contributed by atoms with van der Waals surface area (Å²) >= 11 is 0. The number of benzene rings is 2. The number of nitrogens with two attached hydrogens (primary N) is 1. The van der Waals surface area contributed by atoms with Crippen LogP contribution in [0.2, 0.25) is 0 Å². The van der Waals surface area contributed by atoms with Crippen LogP contribution in [-0.2, 0) is 25.6 Å². The Morgan fingerprint density at radius 3 is 2.28 bits per heavy atom. The zero-order chi connectivity index (χ0) is 29.0. The number of carboxylic acid groups (broad SMARTS) is 2. The summed E-state index contributed by atoms with van der Waals surface area (Å²) in [6.45, 7) is 4.97. The van der Waals surface area contributed by atoms with Gasteiger partial charge in [-0.25, -0.2) is 9.18 Å². The number of halogens is 1.